The Bertz CT molecular complexity index is 1010. The van der Waals surface area contributed by atoms with E-state index in [0.29, 0.717) is 0 Å². The lowest BCUT2D eigenvalue weighted by molar-refractivity contribution is 0.0134. The van der Waals surface area contributed by atoms with Crippen molar-refractivity contribution in [1.82, 2.24) is 14.9 Å². The standard InChI is InChI=1S/C24H26BN3O2/c1-24(2,3)30-23(29)28-20(17-7-5-4-6-8-17)13-14-21(28)22-26-15-19(27-22)16-9-11-18(25)12-10-16/h4-12,15,20-21H,13-14H2,1-3H3,(H,26,27)/t20-,21+/m1/s1. The maximum atomic E-state index is 13.2. The highest BCUT2D eigenvalue weighted by Crippen LogP contribution is 2.44. The first-order chi connectivity index (χ1) is 14.3. The van der Waals surface area contributed by atoms with Crippen LogP contribution in [0.1, 0.15) is 57.1 Å². The lowest BCUT2D eigenvalue weighted by Crippen LogP contribution is -2.38. The molecule has 2 atom stereocenters. The van der Waals surface area contributed by atoms with Crippen LogP contribution in [0.3, 0.4) is 0 Å². The van der Waals surface area contributed by atoms with Gasteiger partial charge in [-0.1, -0.05) is 60.1 Å². The molecule has 1 aromatic heterocycles. The first kappa shape index (κ1) is 20.3. The number of benzene rings is 2. The summed E-state index contributed by atoms with van der Waals surface area (Å²) in [4.78, 5) is 23.1. The SMILES string of the molecule is [B]c1ccc(-c2cnc([C@@H]3CC[C@H](c4ccccc4)N3C(=O)OC(C)(C)C)[nH]2)cc1. The molecule has 3 aromatic rings. The fourth-order valence-corrected chi connectivity index (χ4v) is 3.97. The van der Waals surface area contributed by atoms with Crippen LogP contribution in [0.15, 0.2) is 60.8 Å². The van der Waals surface area contributed by atoms with Crippen molar-refractivity contribution in [3.8, 4) is 11.3 Å². The molecule has 1 aliphatic heterocycles. The zero-order valence-corrected chi connectivity index (χ0v) is 17.6. The summed E-state index contributed by atoms with van der Waals surface area (Å²) in [5.41, 5.74) is 3.16. The van der Waals surface area contributed by atoms with Crippen LogP contribution in [0.25, 0.3) is 11.3 Å². The third-order valence-corrected chi connectivity index (χ3v) is 5.31. The van der Waals surface area contributed by atoms with Crippen LogP contribution in [0.5, 0.6) is 0 Å². The van der Waals surface area contributed by atoms with Gasteiger partial charge in [0.2, 0.25) is 0 Å². The topological polar surface area (TPSA) is 58.2 Å². The Balaban J connectivity index is 1.66. The van der Waals surface area contributed by atoms with Gasteiger partial charge in [0.1, 0.15) is 19.3 Å². The number of hydrogen-bond acceptors (Lipinski definition) is 3. The number of nitrogens with zero attached hydrogens (tertiary/aromatic N) is 2. The van der Waals surface area contributed by atoms with Crippen molar-refractivity contribution in [2.75, 3.05) is 0 Å². The Kier molecular flexibility index (Phi) is 5.41. The number of hydrogen-bond donors (Lipinski definition) is 1. The molecule has 1 fully saturated rings. The second-order valence-electron chi connectivity index (χ2n) is 8.71. The molecule has 4 rings (SSSR count). The zero-order chi connectivity index (χ0) is 21.3. The van der Waals surface area contributed by atoms with E-state index in [0.717, 1.165) is 40.9 Å². The minimum atomic E-state index is -0.566. The number of carbonyl (C=O) groups excluding carboxylic acids is 1. The summed E-state index contributed by atoms with van der Waals surface area (Å²) in [7, 11) is 5.80. The van der Waals surface area contributed by atoms with Crippen molar-refractivity contribution < 1.29 is 9.53 Å². The van der Waals surface area contributed by atoms with Crippen molar-refractivity contribution in [2.45, 2.75) is 51.3 Å². The molecule has 5 nitrogen and oxygen atoms in total. The molecular weight excluding hydrogens is 373 g/mol. The molecule has 0 spiro atoms. The Labute approximate surface area is 178 Å². The Hall–Kier alpha value is -3.02. The van der Waals surface area contributed by atoms with Crippen molar-refractivity contribution in [1.29, 1.82) is 0 Å². The van der Waals surface area contributed by atoms with Crippen molar-refractivity contribution in [3.63, 3.8) is 0 Å². The van der Waals surface area contributed by atoms with Crippen LogP contribution >= 0.6 is 0 Å². The summed E-state index contributed by atoms with van der Waals surface area (Å²) in [5, 5.41) is 0. The largest absolute Gasteiger partial charge is 0.444 e. The number of rotatable bonds is 3. The van der Waals surface area contributed by atoms with Gasteiger partial charge in [0.15, 0.2) is 0 Å². The normalized spacial score (nSPS) is 19.1. The average Bonchev–Trinajstić information content (AvgIpc) is 3.35. The van der Waals surface area contributed by atoms with E-state index in [2.05, 4.69) is 22.1 Å². The molecule has 0 bridgehead atoms. The van der Waals surface area contributed by atoms with Gasteiger partial charge in [-0.25, -0.2) is 9.78 Å². The van der Waals surface area contributed by atoms with E-state index in [9.17, 15) is 4.79 Å². The second-order valence-corrected chi connectivity index (χ2v) is 8.71. The number of likely N-dealkylation sites (tertiary alicyclic amines) is 1. The van der Waals surface area contributed by atoms with E-state index < -0.39 is 5.60 Å². The number of imidazole rings is 1. The smallest absolute Gasteiger partial charge is 0.411 e. The predicted octanol–water partition coefficient (Wildman–Crippen LogP) is 4.68. The van der Waals surface area contributed by atoms with Crippen LogP contribution in [-0.4, -0.2) is 34.4 Å². The van der Waals surface area contributed by atoms with Gasteiger partial charge >= 0.3 is 6.09 Å². The molecule has 30 heavy (non-hydrogen) atoms. The summed E-state index contributed by atoms with van der Waals surface area (Å²) in [6.45, 7) is 5.67. The Morgan fingerprint density at radius 1 is 1.07 bits per heavy atom. The lowest BCUT2D eigenvalue weighted by Gasteiger charge is -2.32. The third-order valence-electron chi connectivity index (χ3n) is 5.31. The molecule has 2 radical (unpaired) electrons. The molecule has 1 amide bonds. The van der Waals surface area contributed by atoms with Crippen LogP contribution in [0.4, 0.5) is 4.79 Å². The summed E-state index contributed by atoms with van der Waals surface area (Å²) in [6.07, 6.45) is 3.16. The number of carbonyl (C=O) groups is 1. The fourth-order valence-electron chi connectivity index (χ4n) is 3.97. The number of amides is 1. The third kappa shape index (κ3) is 4.27. The van der Waals surface area contributed by atoms with Crippen LogP contribution in [0.2, 0.25) is 0 Å². The fraction of sp³-hybridized carbons (Fsp3) is 0.333. The van der Waals surface area contributed by atoms with Crippen LogP contribution in [0, 0.1) is 0 Å². The van der Waals surface area contributed by atoms with Gasteiger partial charge in [-0.05, 0) is 44.7 Å². The average molecular weight is 399 g/mol. The number of aromatic nitrogens is 2. The van der Waals surface area contributed by atoms with Crippen LogP contribution in [-0.2, 0) is 4.74 Å². The van der Waals surface area contributed by atoms with E-state index in [-0.39, 0.29) is 18.2 Å². The van der Waals surface area contributed by atoms with Crippen molar-refractivity contribution >= 4 is 19.4 Å². The van der Waals surface area contributed by atoms with Gasteiger partial charge in [0.05, 0.1) is 24.0 Å². The molecule has 6 heteroatoms. The molecule has 0 unspecified atom stereocenters. The van der Waals surface area contributed by atoms with E-state index in [4.69, 9.17) is 12.6 Å². The number of aromatic amines is 1. The molecular formula is C24H26BN3O2. The highest BCUT2D eigenvalue weighted by Gasteiger charge is 2.42. The summed E-state index contributed by atoms with van der Waals surface area (Å²) in [5.74, 6) is 0.770. The minimum absolute atomic E-state index is 0.0453. The highest BCUT2D eigenvalue weighted by atomic mass is 16.6. The second kappa shape index (κ2) is 8.02. The molecule has 1 saturated heterocycles. The van der Waals surface area contributed by atoms with Gasteiger partial charge in [0, 0.05) is 0 Å². The van der Waals surface area contributed by atoms with Gasteiger partial charge < -0.3 is 9.72 Å². The maximum Gasteiger partial charge on any atom is 0.411 e. The molecule has 2 heterocycles. The molecule has 2 aromatic carbocycles. The highest BCUT2D eigenvalue weighted by molar-refractivity contribution is 6.32. The van der Waals surface area contributed by atoms with E-state index in [1.807, 2.05) is 74.3 Å². The Morgan fingerprint density at radius 3 is 2.40 bits per heavy atom. The molecule has 0 aliphatic carbocycles. The number of nitrogens with one attached hydrogen (secondary N) is 1. The molecule has 1 N–H and O–H groups in total. The Morgan fingerprint density at radius 2 is 1.73 bits per heavy atom. The summed E-state index contributed by atoms with van der Waals surface area (Å²) >= 11 is 0. The van der Waals surface area contributed by atoms with Crippen molar-refractivity contribution in [3.05, 3.63) is 72.2 Å². The number of H-pyrrole nitrogens is 1. The van der Waals surface area contributed by atoms with E-state index in [1.54, 1.807) is 0 Å². The lowest BCUT2D eigenvalue weighted by atomic mass is 9.95. The summed E-state index contributed by atoms with van der Waals surface area (Å²) < 4.78 is 5.76. The monoisotopic (exact) mass is 399 g/mol. The van der Waals surface area contributed by atoms with E-state index >= 15 is 0 Å². The van der Waals surface area contributed by atoms with Gasteiger partial charge in [-0.15, -0.1) is 0 Å². The van der Waals surface area contributed by atoms with Gasteiger partial charge in [-0.2, -0.15) is 0 Å². The quantitative estimate of drug-likeness (QED) is 0.651. The van der Waals surface area contributed by atoms with Gasteiger partial charge in [-0.3, -0.25) is 4.90 Å². The predicted molar refractivity (Wildman–Crippen MR) is 119 cm³/mol. The van der Waals surface area contributed by atoms with Crippen LogP contribution < -0.4 is 5.46 Å². The molecule has 152 valence electrons. The molecule has 0 saturated carbocycles. The minimum Gasteiger partial charge on any atom is -0.444 e. The van der Waals surface area contributed by atoms with E-state index in [1.165, 1.54) is 0 Å². The number of ether oxygens (including phenoxy) is 1. The first-order valence-corrected chi connectivity index (χ1v) is 10.3. The molecule has 1 aliphatic rings. The first-order valence-electron chi connectivity index (χ1n) is 10.3. The summed E-state index contributed by atoms with van der Waals surface area (Å²) in [6, 6.07) is 17.5. The zero-order valence-electron chi connectivity index (χ0n) is 17.6. The van der Waals surface area contributed by atoms with Gasteiger partial charge in [0.25, 0.3) is 0 Å². The van der Waals surface area contributed by atoms with Crippen molar-refractivity contribution in [2.24, 2.45) is 0 Å². The maximum absolute atomic E-state index is 13.2.